The number of benzene rings is 1. The largest absolute Gasteiger partial charge is 0.435 e. The summed E-state index contributed by atoms with van der Waals surface area (Å²) in [6, 6.07) is 5.07. The first-order chi connectivity index (χ1) is 12.7. The standard InChI is InChI=1S/C17H19F4N3O2S/c18-13-7-5-12(6-8-13)11-27(25,26)22-9-10-24-15-4-2-1-3-14(15)16(23-24)17(19,20)21/h5-8,22H,1-4,9-11H2. The number of rotatable bonds is 6. The molecule has 1 aromatic carbocycles. The number of nitrogens with one attached hydrogen (secondary N) is 1. The second-order valence-electron chi connectivity index (χ2n) is 6.48. The Bertz CT molecular complexity index is 905. The van der Waals surface area contributed by atoms with Gasteiger partial charge < -0.3 is 0 Å². The molecule has 2 aromatic rings. The quantitative estimate of drug-likeness (QED) is 0.752. The van der Waals surface area contributed by atoms with Gasteiger partial charge in [-0.3, -0.25) is 4.68 Å². The molecule has 0 bridgehead atoms. The smallest absolute Gasteiger partial charge is 0.267 e. The van der Waals surface area contributed by atoms with E-state index < -0.39 is 27.7 Å². The monoisotopic (exact) mass is 405 g/mol. The van der Waals surface area contributed by atoms with E-state index in [2.05, 4.69) is 9.82 Å². The number of alkyl halides is 3. The van der Waals surface area contributed by atoms with Crippen LogP contribution in [0.1, 0.15) is 35.4 Å². The lowest BCUT2D eigenvalue weighted by Gasteiger charge is -2.15. The highest BCUT2D eigenvalue weighted by Crippen LogP contribution is 2.35. The van der Waals surface area contributed by atoms with Crippen molar-refractivity contribution in [3.05, 3.63) is 52.6 Å². The molecule has 0 spiro atoms. The van der Waals surface area contributed by atoms with Gasteiger partial charge >= 0.3 is 6.18 Å². The Labute approximate surface area is 154 Å². The fourth-order valence-corrected chi connectivity index (χ4v) is 4.38. The Morgan fingerprint density at radius 2 is 1.78 bits per heavy atom. The van der Waals surface area contributed by atoms with Gasteiger partial charge in [0.15, 0.2) is 5.69 Å². The van der Waals surface area contributed by atoms with Crippen LogP contribution in [0.3, 0.4) is 0 Å². The summed E-state index contributed by atoms with van der Waals surface area (Å²) in [5, 5.41) is 3.69. The number of hydrogen-bond donors (Lipinski definition) is 1. The van der Waals surface area contributed by atoms with Gasteiger partial charge in [-0.2, -0.15) is 18.3 Å². The summed E-state index contributed by atoms with van der Waals surface area (Å²) >= 11 is 0. The molecule has 1 heterocycles. The van der Waals surface area contributed by atoms with Gasteiger partial charge in [-0.05, 0) is 43.4 Å². The van der Waals surface area contributed by atoms with Gasteiger partial charge in [0.25, 0.3) is 0 Å². The highest BCUT2D eigenvalue weighted by molar-refractivity contribution is 7.88. The molecule has 0 saturated carbocycles. The van der Waals surface area contributed by atoms with Gasteiger partial charge in [-0.25, -0.2) is 17.5 Å². The molecule has 1 N–H and O–H groups in total. The van der Waals surface area contributed by atoms with E-state index in [4.69, 9.17) is 0 Å². The van der Waals surface area contributed by atoms with Crippen LogP contribution in [0.2, 0.25) is 0 Å². The molecule has 1 aliphatic carbocycles. The molecule has 5 nitrogen and oxygen atoms in total. The second-order valence-corrected chi connectivity index (χ2v) is 8.29. The lowest BCUT2D eigenvalue weighted by molar-refractivity contribution is -0.142. The molecule has 0 unspecified atom stereocenters. The minimum atomic E-state index is -4.52. The zero-order chi connectivity index (χ0) is 19.7. The first-order valence-corrected chi connectivity index (χ1v) is 10.2. The predicted octanol–water partition coefficient (Wildman–Crippen LogP) is 3.04. The third kappa shape index (κ3) is 4.86. The molecule has 1 aromatic heterocycles. The van der Waals surface area contributed by atoms with Gasteiger partial charge in [-0.15, -0.1) is 0 Å². The number of aromatic nitrogens is 2. The molecule has 27 heavy (non-hydrogen) atoms. The molecule has 1 aliphatic rings. The van der Waals surface area contributed by atoms with Crippen molar-refractivity contribution >= 4 is 10.0 Å². The zero-order valence-electron chi connectivity index (χ0n) is 14.4. The van der Waals surface area contributed by atoms with Gasteiger partial charge in [0, 0.05) is 17.8 Å². The van der Waals surface area contributed by atoms with Crippen molar-refractivity contribution in [2.45, 2.75) is 44.2 Å². The molecular formula is C17H19F4N3O2S. The fraction of sp³-hybridized carbons (Fsp3) is 0.471. The van der Waals surface area contributed by atoms with Crippen molar-refractivity contribution in [1.82, 2.24) is 14.5 Å². The van der Waals surface area contributed by atoms with Crippen molar-refractivity contribution in [1.29, 1.82) is 0 Å². The highest BCUT2D eigenvalue weighted by atomic mass is 32.2. The molecule has 0 atom stereocenters. The number of hydrogen-bond acceptors (Lipinski definition) is 3. The van der Waals surface area contributed by atoms with Crippen LogP contribution in [-0.2, 0) is 41.3 Å². The van der Waals surface area contributed by atoms with Crippen LogP contribution in [0.5, 0.6) is 0 Å². The van der Waals surface area contributed by atoms with E-state index in [0.29, 0.717) is 30.5 Å². The van der Waals surface area contributed by atoms with Crippen molar-refractivity contribution in [2.75, 3.05) is 6.54 Å². The van der Waals surface area contributed by atoms with E-state index in [1.807, 2.05) is 0 Å². The van der Waals surface area contributed by atoms with Crippen LogP contribution in [0.4, 0.5) is 17.6 Å². The fourth-order valence-electron chi connectivity index (χ4n) is 3.24. The SMILES string of the molecule is O=S(=O)(Cc1ccc(F)cc1)NCCn1nc(C(F)(F)F)c2c1CCCC2. The first kappa shape index (κ1) is 19.8. The summed E-state index contributed by atoms with van der Waals surface area (Å²) in [4.78, 5) is 0. The minimum absolute atomic E-state index is 0.0149. The zero-order valence-corrected chi connectivity index (χ0v) is 15.2. The Hall–Kier alpha value is -1.94. The maximum absolute atomic E-state index is 13.2. The van der Waals surface area contributed by atoms with E-state index in [-0.39, 0.29) is 24.4 Å². The van der Waals surface area contributed by atoms with Crippen molar-refractivity contribution in [3.8, 4) is 0 Å². The van der Waals surface area contributed by atoms with Gasteiger partial charge in [0.1, 0.15) is 5.82 Å². The molecule has 0 amide bonds. The predicted molar refractivity (Wildman–Crippen MR) is 90.9 cm³/mol. The van der Waals surface area contributed by atoms with Gasteiger partial charge in [-0.1, -0.05) is 12.1 Å². The Balaban J connectivity index is 1.66. The number of fused-ring (bicyclic) bond motifs is 1. The maximum Gasteiger partial charge on any atom is 0.435 e. The molecule has 0 radical (unpaired) electrons. The van der Waals surface area contributed by atoms with Crippen LogP contribution >= 0.6 is 0 Å². The van der Waals surface area contributed by atoms with Crippen LogP contribution in [-0.4, -0.2) is 24.7 Å². The summed E-state index contributed by atoms with van der Waals surface area (Å²) < 4.78 is 80.2. The Morgan fingerprint density at radius 3 is 2.44 bits per heavy atom. The van der Waals surface area contributed by atoms with Crippen LogP contribution < -0.4 is 4.72 Å². The number of halogens is 4. The molecule has 0 aliphatic heterocycles. The number of sulfonamides is 1. The highest BCUT2D eigenvalue weighted by Gasteiger charge is 2.39. The van der Waals surface area contributed by atoms with Crippen LogP contribution in [0, 0.1) is 5.82 Å². The number of nitrogens with zero attached hydrogens (tertiary/aromatic N) is 2. The summed E-state index contributed by atoms with van der Waals surface area (Å²) in [6.07, 6.45) is -2.21. The van der Waals surface area contributed by atoms with Crippen molar-refractivity contribution in [3.63, 3.8) is 0 Å². The summed E-state index contributed by atoms with van der Waals surface area (Å²) in [6.45, 7) is -0.0595. The van der Waals surface area contributed by atoms with E-state index in [9.17, 15) is 26.0 Å². The average Bonchev–Trinajstić information content (AvgIpc) is 2.96. The lowest BCUT2D eigenvalue weighted by atomic mass is 9.95. The van der Waals surface area contributed by atoms with Crippen LogP contribution in [0.15, 0.2) is 24.3 Å². The average molecular weight is 405 g/mol. The van der Waals surface area contributed by atoms with E-state index in [1.54, 1.807) is 0 Å². The molecule has 0 fully saturated rings. The molecule has 3 rings (SSSR count). The van der Waals surface area contributed by atoms with Crippen LogP contribution in [0.25, 0.3) is 0 Å². The third-order valence-corrected chi connectivity index (χ3v) is 5.80. The summed E-state index contributed by atoms with van der Waals surface area (Å²) in [7, 11) is -3.70. The van der Waals surface area contributed by atoms with Gasteiger partial charge in [0.2, 0.25) is 10.0 Å². The van der Waals surface area contributed by atoms with Crippen molar-refractivity contribution in [2.24, 2.45) is 0 Å². The molecule has 10 heteroatoms. The lowest BCUT2D eigenvalue weighted by Crippen LogP contribution is -2.29. The normalized spacial score (nSPS) is 15.0. The van der Waals surface area contributed by atoms with Gasteiger partial charge in [0.05, 0.1) is 12.3 Å². The van der Waals surface area contributed by atoms with E-state index >= 15 is 0 Å². The summed E-state index contributed by atoms with van der Waals surface area (Å²) in [5.74, 6) is -0.800. The maximum atomic E-state index is 13.2. The molecule has 148 valence electrons. The van der Waals surface area contributed by atoms with E-state index in [1.165, 1.54) is 28.9 Å². The van der Waals surface area contributed by atoms with Crippen molar-refractivity contribution < 1.29 is 26.0 Å². The minimum Gasteiger partial charge on any atom is -0.267 e. The molecule has 0 saturated heterocycles. The summed E-state index contributed by atoms with van der Waals surface area (Å²) in [5.41, 5.74) is 0.306. The Kier molecular flexibility index (Phi) is 5.57. The Morgan fingerprint density at radius 1 is 1.11 bits per heavy atom. The first-order valence-electron chi connectivity index (χ1n) is 8.53. The molecular weight excluding hydrogens is 386 g/mol. The van der Waals surface area contributed by atoms with E-state index in [0.717, 1.165) is 6.42 Å². The topological polar surface area (TPSA) is 64.0 Å². The second kappa shape index (κ2) is 7.59. The third-order valence-electron chi connectivity index (χ3n) is 4.44.